The topological polar surface area (TPSA) is 75.9 Å². The summed E-state index contributed by atoms with van der Waals surface area (Å²) in [5, 5.41) is 6.75. The highest BCUT2D eigenvalue weighted by atomic mass is 15.1. The summed E-state index contributed by atoms with van der Waals surface area (Å²) in [6.45, 7) is 1.56. The summed E-state index contributed by atoms with van der Waals surface area (Å²) in [6, 6.07) is 2.55. The van der Waals surface area contributed by atoms with Crippen LogP contribution in [0.4, 0.5) is 11.6 Å². The van der Waals surface area contributed by atoms with Crippen LogP contribution in [0, 0.1) is 0 Å². The van der Waals surface area contributed by atoms with Crippen LogP contribution in [0.5, 0.6) is 0 Å². The third-order valence-electron chi connectivity index (χ3n) is 3.31. The molecular weight excluding hydrogens is 226 g/mol. The molecule has 5 nitrogen and oxygen atoms in total. The van der Waals surface area contributed by atoms with Gasteiger partial charge in [-0.2, -0.15) is 0 Å². The summed E-state index contributed by atoms with van der Waals surface area (Å²) >= 11 is 0. The quantitative estimate of drug-likeness (QED) is 0.672. The number of hydrogen-bond donors (Lipinski definition) is 3. The van der Waals surface area contributed by atoms with Gasteiger partial charge in [0.05, 0.1) is 0 Å². The highest BCUT2D eigenvalue weighted by Crippen LogP contribution is 2.21. The third-order valence-corrected chi connectivity index (χ3v) is 3.31. The Kier molecular flexibility index (Phi) is 5.20. The van der Waals surface area contributed by atoms with Crippen molar-refractivity contribution in [1.82, 2.24) is 9.97 Å². The predicted octanol–water partition coefficient (Wildman–Crippen LogP) is 1.98. The molecule has 1 aromatic heterocycles. The van der Waals surface area contributed by atoms with Crippen molar-refractivity contribution < 1.29 is 0 Å². The normalized spacial score (nSPS) is 16.5. The molecule has 1 saturated carbocycles. The van der Waals surface area contributed by atoms with Crippen molar-refractivity contribution in [3.63, 3.8) is 0 Å². The van der Waals surface area contributed by atoms with Gasteiger partial charge >= 0.3 is 0 Å². The van der Waals surface area contributed by atoms with Crippen LogP contribution in [-0.2, 0) is 0 Å². The maximum Gasteiger partial charge on any atom is 0.131 e. The Labute approximate surface area is 109 Å². The lowest BCUT2D eigenvalue weighted by atomic mass is 9.95. The van der Waals surface area contributed by atoms with Gasteiger partial charge in [0.2, 0.25) is 0 Å². The van der Waals surface area contributed by atoms with Crippen molar-refractivity contribution in [3.8, 4) is 0 Å². The standard InChI is InChI=1S/C13H23N5/c14-7-4-8-15-12-9-13(17-10-16-12)18-11-5-2-1-3-6-11/h9-11H,1-8,14H2,(H2,15,16,17,18). The van der Waals surface area contributed by atoms with Crippen LogP contribution in [0.25, 0.3) is 0 Å². The number of nitrogens with one attached hydrogen (secondary N) is 2. The molecule has 0 aliphatic heterocycles. The van der Waals surface area contributed by atoms with Crippen molar-refractivity contribution in [2.24, 2.45) is 5.73 Å². The van der Waals surface area contributed by atoms with E-state index in [2.05, 4.69) is 20.6 Å². The molecule has 100 valence electrons. The molecule has 1 aliphatic carbocycles. The van der Waals surface area contributed by atoms with Crippen LogP contribution in [0.3, 0.4) is 0 Å². The minimum Gasteiger partial charge on any atom is -0.370 e. The lowest BCUT2D eigenvalue weighted by Gasteiger charge is -2.23. The zero-order valence-electron chi connectivity index (χ0n) is 10.9. The van der Waals surface area contributed by atoms with Crippen molar-refractivity contribution in [3.05, 3.63) is 12.4 Å². The smallest absolute Gasteiger partial charge is 0.131 e. The summed E-state index contributed by atoms with van der Waals surface area (Å²) in [6.07, 6.45) is 9.08. The first-order chi connectivity index (χ1) is 8.88. The van der Waals surface area contributed by atoms with E-state index in [4.69, 9.17) is 5.73 Å². The number of hydrogen-bond acceptors (Lipinski definition) is 5. The zero-order chi connectivity index (χ0) is 12.6. The van der Waals surface area contributed by atoms with E-state index in [0.29, 0.717) is 12.6 Å². The molecule has 0 bridgehead atoms. The van der Waals surface area contributed by atoms with E-state index in [9.17, 15) is 0 Å². The van der Waals surface area contributed by atoms with E-state index in [1.165, 1.54) is 32.1 Å². The Morgan fingerprint density at radius 1 is 1.17 bits per heavy atom. The summed E-state index contributed by atoms with van der Waals surface area (Å²) in [4.78, 5) is 8.48. The predicted molar refractivity (Wildman–Crippen MR) is 74.7 cm³/mol. The molecule has 0 aromatic carbocycles. The summed E-state index contributed by atoms with van der Waals surface area (Å²) in [5.41, 5.74) is 5.46. The van der Waals surface area contributed by atoms with E-state index < -0.39 is 0 Å². The van der Waals surface area contributed by atoms with Gasteiger partial charge < -0.3 is 16.4 Å². The molecule has 1 fully saturated rings. The van der Waals surface area contributed by atoms with Crippen LogP contribution in [0.15, 0.2) is 12.4 Å². The average molecular weight is 249 g/mol. The molecule has 0 saturated heterocycles. The first-order valence-corrected chi connectivity index (χ1v) is 6.91. The Morgan fingerprint density at radius 3 is 2.72 bits per heavy atom. The molecule has 5 heteroatoms. The van der Waals surface area contributed by atoms with Gasteiger partial charge in [0, 0.05) is 18.7 Å². The molecule has 2 rings (SSSR count). The van der Waals surface area contributed by atoms with Crippen LogP contribution < -0.4 is 16.4 Å². The summed E-state index contributed by atoms with van der Waals surface area (Å²) in [5.74, 6) is 1.80. The molecule has 1 aliphatic rings. The van der Waals surface area contributed by atoms with E-state index in [1.54, 1.807) is 6.33 Å². The number of aromatic nitrogens is 2. The Hall–Kier alpha value is -1.36. The van der Waals surface area contributed by atoms with Crippen molar-refractivity contribution in [2.75, 3.05) is 23.7 Å². The molecule has 0 unspecified atom stereocenters. The molecule has 0 radical (unpaired) electrons. The fourth-order valence-corrected chi connectivity index (χ4v) is 2.31. The average Bonchev–Trinajstić information content (AvgIpc) is 2.41. The second-order valence-corrected chi connectivity index (χ2v) is 4.84. The van der Waals surface area contributed by atoms with E-state index in [-0.39, 0.29) is 0 Å². The van der Waals surface area contributed by atoms with Gasteiger partial charge in [-0.3, -0.25) is 0 Å². The maximum absolute atomic E-state index is 5.46. The highest BCUT2D eigenvalue weighted by molar-refractivity contribution is 5.46. The molecule has 1 aromatic rings. The number of rotatable bonds is 6. The van der Waals surface area contributed by atoms with Crippen molar-refractivity contribution >= 4 is 11.6 Å². The second kappa shape index (κ2) is 7.16. The van der Waals surface area contributed by atoms with Gasteiger partial charge in [0.15, 0.2) is 0 Å². The van der Waals surface area contributed by atoms with Crippen molar-refractivity contribution in [1.29, 1.82) is 0 Å². The van der Waals surface area contributed by atoms with Gasteiger partial charge in [-0.15, -0.1) is 0 Å². The Bertz CT molecular complexity index is 349. The third kappa shape index (κ3) is 4.14. The van der Waals surface area contributed by atoms with E-state index in [1.807, 2.05) is 6.07 Å². The minimum absolute atomic E-state index is 0.575. The van der Waals surface area contributed by atoms with Crippen LogP contribution >= 0.6 is 0 Å². The fourth-order valence-electron chi connectivity index (χ4n) is 2.31. The first kappa shape index (κ1) is 13.1. The van der Waals surface area contributed by atoms with Gasteiger partial charge in [-0.05, 0) is 25.8 Å². The Balaban J connectivity index is 1.85. The van der Waals surface area contributed by atoms with E-state index in [0.717, 1.165) is 24.6 Å². The van der Waals surface area contributed by atoms with Crippen LogP contribution in [0.2, 0.25) is 0 Å². The molecule has 4 N–H and O–H groups in total. The van der Waals surface area contributed by atoms with Crippen LogP contribution in [0.1, 0.15) is 38.5 Å². The summed E-state index contributed by atoms with van der Waals surface area (Å²) < 4.78 is 0. The monoisotopic (exact) mass is 249 g/mol. The van der Waals surface area contributed by atoms with Gasteiger partial charge in [0.1, 0.15) is 18.0 Å². The Morgan fingerprint density at radius 2 is 1.94 bits per heavy atom. The molecule has 0 atom stereocenters. The molecule has 1 heterocycles. The summed E-state index contributed by atoms with van der Waals surface area (Å²) in [7, 11) is 0. The van der Waals surface area contributed by atoms with Gasteiger partial charge in [0.25, 0.3) is 0 Å². The fraction of sp³-hybridized carbons (Fsp3) is 0.692. The molecule has 18 heavy (non-hydrogen) atoms. The highest BCUT2D eigenvalue weighted by Gasteiger charge is 2.13. The lowest BCUT2D eigenvalue weighted by Crippen LogP contribution is -2.23. The molecule has 0 spiro atoms. The molecular formula is C13H23N5. The lowest BCUT2D eigenvalue weighted by molar-refractivity contribution is 0.462. The number of nitrogens with two attached hydrogens (primary N) is 1. The van der Waals surface area contributed by atoms with E-state index >= 15 is 0 Å². The minimum atomic E-state index is 0.575. The number of nitrogens with zero attached hydrogens (tertiary/aromatic N) is 2. The maximum atomic E-state index is 5.46. The molecule has 0 amide bonds. The SMILES string of the molecule is NCCCNc1cc(NC2CCCCC2)ncn1. The van der Waals surface area contributed by atoms with Gasteiger partial charge in [-0.1, -0.05) is 19.3 Å². The zero-order valence-corrected chi connectivity index (χ0v) is 10.9. The first-order valence-electron chi connectivity index (χ1n) is 6.91. The van der Waals surface area contributed by atoms with Crippen LogP contribution in [-0.4, -0.2) is 29.1 Å². The second-order valence-electron chi connectivity index (χ2n) is 4.84. The van der Waals surface area contributed by atoms with Gasteiger partial charge in [-0.25, -0.2) is 9.97 Å². The number of anilines is 2. The largest absolute Gasteiger partial charge is 0.370 e. The van der Waals surface area contributed by atoms with Crippen molar-refractivity contribution in [2.45, 2.75) is 44.6 Å².